The van der Waals surface area contributed by atoms with Crippen LogP contribution < -0.4 is 0 Å². The lowest BCUT2D eigenvalue weighted by Gasteiger charge is -2.32. The van der Waals surface area contributed by atoms with Crippen molar-refractivity contribution < 1.29 is 38.1 Å². The molecule has 0 radical (unpaired) electrons. The molecule has 2 saturated carbocycles. The summed E-state index contributed by atoms with van der Waals surface area (Å²) in [5, 5.41) is 0. The van der Waals surface area contributed by atoms with Gasteiger partial charge in [0, 0.05) is 0 Å². The highest BCUT2D eigenvalue weighted by Crippen LogP contribution is 2.38. The lowest BCUT2D eigenvalue weighted by atomic mass is 9.87. The Morgan fingerprint density at radius 1 is 0.780 bits per heavy atom. The predicted octanol–water partition coefficient (Wildman–Crippen LogP) is 7.49. The maximum Gasteiger partial charge on any atom is 0.344 e. The number of hydrogen-bond acceptors (Lipinski definition) is 8. The zero-order valence-electron chi connectivity index (χ0n) is 27.4. The Morgan fingerprint density at radius 2 is 1.34 bits per heavy atom. The maximum atomic E-state index is 12.5. The smallest absolute Gasteiger partial charge is 0.344 e. The Kier molecular flexibility index (Phi) is 14.9. The van der Waals surface area contributed by atoms with Crippen molar-refractivity contribution in [1.29, 1.82) is 0 Å². The molecule has 1 atom stereocenters. The van der Waals surface area contributed by atoms with Gasteiger partial charge in [0.1, 0.15) is 11.2 Å². The molecule has 0 heterocycles. The molecule has 0 aliphatic heterocycles. The van der Waals surface area contributed by atoms with E-state index in [9.17, 15) is 19.2 Å². The monoisotopic (exact) mass is 582 g/mol. The second-order valence-corrected chi connectivity index (χ2v) is 13.5. The summed E-state index contributed by atoms with van der Waals surface area (Å²) in [4.78, 5) is 47.5. The summed E-state index contributed by atoms with van der Waals surface area (Å²) in [6, 6.07) is 0. The van der Waals surface area contributed by atoms with E-state index in [0.717, 1.165) is 64.2 Å². The highest BCUT2D eigenvalue weighted by molar-refractivity contribution is 5.80. The maximum absolute atomic E-state index is 12.5. The molecule has 238 valence electrons. The summed E-state index contributed by atoms with van der Waals surface area (Å²) >= 11 is 0. The van der Waals surface area contributed by atoms with E-state index in [2.05, 4.69) is 6.92 Å². The molecule has 1 unspecified atom stereocenters. The van der Waals surface area contributed by atoms with Crippen LogP contribution in [0.25, 0.3) is 0 Å². The van der Waals surface area contributed by atoms with Gasteiger partial charge in [-0.05, 0) is 118 Å². The van der Waals surface area contributed by atoms with Crippen LogP contribution in [-0.2, 0) is 38.1 Å². The molecule has 41 heavy (non-hydrogen) atoms. The second kappa shape index (κ2) is 16.5. The van der Waals surface area contributed by atoms with E-state index in [4.69, 9.17) is 18.9 Å². The average Bonchev–Trinajstić information content (AvgIpc) is 3.58. The molecular weight excluding hydrogens is 524 g/mol. The molecular formula is C33H58O8. The van der Waals surface area contributed by atoms with E-state index in [1.165, 1.54) is 0 Å². The Bertz CT molecular complexity index is 847. The number of esters is 4. The fourth-order valence-electron chi connectivity index (χ4n) is 4.97. The van der Waals surface area contributed by atoms with Crippen LogP contribution in [0.5, 0.6) is 0 Å². The largest absolute Gasteiger partial charge is 0.465 e. The zero-order chi connectivity index (χ0) is 31.3. The molecule has 0 N–H and O–H groups in total. The van der Waals surface area contributed by atoms with Crippen molar-refractivity contribution in [2.75, 3.05) is 13.2 Å². The van der Waals surface area contributed by atoms with Crippen molar-refractivity contribution in [1.82, 2.24) is 0 Å². The van der Waals surface area contributed by atoms with Gasteiger partial charge in [-0.2, -0.15) is 0 Å². The summed E-state index contributed by atoms with van der Waals surface area (Å²) in [5.74, 6) is -1.11. The summed E-state index contributed by atoms with van der Waals surface area (Å²) < 4.78 is 21.5. The average molecular weight is 583 g/mol. The van der Waals surface area contributed by atoms with E-state index >= 15 is 0 Å². The topological polar surface area (TPSA) is 105 Å². The van der Waals surface area contributed by atoms with Crippen molar-refractivity contribution in [2.45, 2.75) is 157 Å². The van der Waals surface area contributed by atoms with Gasteiger partial charge in [-0.15, -0.1) is 0 Å². The molecule has 0 spiro atoms. The van der Waals surface area contributed by atoms with Crippen LogP contribution in [0.4, 0.5) is 0 Å². The highest BCUT2D eigenvalue weighted by atomic mass is 16.6. The van der Waals surface area contributed by atoms with Gasteiger partial charge < -0.3 is 18.9 Å². The van der Waals surface area contributed by atoms with Gasteiger partial charge in [-0.1, -0.05) is 27.7 Å². The van der Waals surface area contributed by atoms with Gasteiger partial charge in [0.2, 0.25) is 0 Å². The number of ether oxygens (including phenoxy) is 4. The first kappa shape index (κ1) is 36.9. The molecule has 0 aromatic heterocycles. The lowest BCUT2D eigenvalue weighted by Crippen LogP contribution is -2.37. The van der Waals surface area contributed by atoms with E-state index in [0.29, 0.717) is 25.9 Å². The molecule has 8 heteroatoms. The van der Waals surface area contributed by atoms with E-state index in [-0.39, 0.29) is 41.6 Å². The Balaban J connectivity index is 0.000000422. The lowest BCUT2D eigenvalue weighted by molar-refractivity contribution is -0.172. The summed E-state index contributed by atoms with van der Waals surface area (Å²) in [6.45, 7) is 17.3. The number of rotatable bonds is 14. The molecule has 2 fully saturated rings. The van der Waals surface area contributed by atoms with Crippen LogP contribution in [0, 0.1) is 16.7 Å². The van der Waals surface area contributed by atoms with E-state index in [1.54, 1.807) is 13.8 Å². The third-order valence-corrected chi connectivity index (χ3v) is 9.01. The molecule has 2 aliphatic carbocycles. The molecule has 0 saturated heterocycles. The van der Waals surface area contributed by atoms with Crippen molar-refractivity contribution in [3.05, 3.63) is 0 Å². The van der Waals surface area contributed by atoms with Crippen LogP contribution in [0.3, 0.4) is 0 Å². The minimum atomic E-state index is -0.544. The SMILES string of the molecule is CCC(C)(C)C(=O)OCC(=O)OC1(C)CCCC1.CCC(C)C(=O)OCCCC(C)(C)C(=O)OC1(CC)CCCC1. The first-order valence-corrected chi connectivity index (χ1v) is 15.8. The van der Waals surface area contributed by atoms with Crippen LogP contribution >= 0.6 is 0 Å². The van der Waals surface area contributed by atoms with Crippen molar-refractivity contribution >= 4 is 23.9 Å². The van der Waals surface area contributed by atoms with Crippen molar-refractivity contribution in [3.63, 3.8) is 0 Å². The minimum absolute atomic E-state index is 0.0558. The van der Waals surface area contributed by atoms with Crippen LogP contribution in [-0.4, -0.2) is 48.3 Å². The van der Waals surface area contributed by atoms with Crippen molar-refractivity contribution in [3.8, 4) is 0 Å². The number of hydrogen-bond donors (Lipinski definition) is 0. The molecule has 0 amide bonds. The molecule has 2 rings (SSSR count). The Morgan fingerprint density at radius 3 is 1.85 bits per heavy atom. The third-order valence-electron chi connectivity index (χ3n) is 9.01. The van der Waals surface area contributed by atoms with Gasteiger partial charge in [0.15, 0.2) is 6.61 Å². The van der Waals surface area contributed by atoms with E-state index < -0.39 is 16.8 Å². The third kappa shape index (κ3) is 12.3. The quantitative estimate of drug-likeness (QED) is 0.118. The summed E-state index contributed by atoms with van der Waals surface area (Å²) in [5.41, 5.74) is -1.67. The Labute approximate surface area is 249 Å². The fraction of sp³-hybridized carbons (Fsp3) is 0.879. The normalized spacial score (nSPS) is 18.5. The molecule has 2 aliphatic rings. The fourth-order valence-corrected chi connectivity index (χ4v) is 4.97. The highest BCUT2D eigenvalue weighted by Gasteiger charge is 2.40. The zero-order valence-corrected chi connectivity index (χ0v) is 27.4. The van der Waals surface area contributed by atoms with Gasteiger partial charge >= 0.3 is 23.9 Å². The van der Waals surface area contributed by atoms with Gasteiger partial charge in [0.05, 0.1) is 23.4 Å². The minimum Gasteiger partial charge on any atom is -0.465 e. The van der Waals surface area contributed by atoms with Crippen LogP contribution in [0.1, 0.15) is 146 Å². The first-order valence-electron chi connectivity index (χ1n) is 15.8. The van der Waals surface area contributed by atoms with Crippen LogP contribution in [0.2, 0.25) is 0 Å². The Hall–Kier alpha value is -2.12. The van der Waals surface area contributed by atoms with Gasteiger partial charge in [-0.25, -0.2) is 4.79 Å². The molecule has 0 aromatic carbocycles. The molecule has 0 aromatic rings. The molecule has 0 bridgehead atoms. The van der Waals surface area contributed by atoms with Gasteiger partial charge in [-0.3, -0.25) is 14.4 Å². The molecule has 8 nitrogen and oxygen atoms in total. The van der Waals surface area contributed by atoms with Crippen molar-refractivity contribution in [2.24, 2.45) is 16.7 Å². The summed E-state index contributed by atoms with van der Waals surface area (Å²) in [6.07, 6.45) is 11.9. The van der Waals surface area contributed by atoms with Gasteiger partial charge in [0.25, 0.3) is 0 Å². The number of carbonyl (C=O) groups is 4. The van der Waals surface area contributed by atoms with E-state index in [1.807, 2.05) is 41.5 Å². The predicted molar refractivity (Wildman–Crippen MR) is 159 cm³/mol. The van der Waals surface area contributed by atoms with Crippen LogP contribution in [0.15, 0.2) is 0 Å². The standard InChI is InChI=1S/C19H34O4.C14H24O4/c1-6-15(3)16(20)22-14-10-11-18(4,5)17(21)23-19(7-2)12-8-9-13-19;1-5-13(2,3)12(16)17-10-11(15)18-14(4)8-6-7-9-14/h15H,6-14H2,1-5H3;5-10H2,1-4H3. The first-order chi connectivity index (χ1) is 19.1. The second-order valence-electron chi connectivity index (χ2n) is 13.5. The summed E-state index contributed by atoms with van der Waals surface area (Å²) in [7, 11) is 0. The number of carbonyl (C=O) groups excluding carboxylic acids is 4.